The van der Waals surface area contributed by atoms with Crippen molar-refractivity contribution in [2.45, 2.75) is 32.1 Å². The average molecular weight is 336 g/mol. The minimum Gasteiger partial charge on any atom is -0.298 e. The van der Waals surface area contributed by atoms with Crippen LogP contribution in [0.2, 0.25) is 15.1 Å². The van der Waals surface area contributed by atoms with E-state index in [1.54, 1.807) is 0 Å². The van der Waals surface area contributed by atoms with E-state index in [1.807, 2.05) is 0 Å². The van der Waals surface area contributed by atoms with Crippen LogP contribution in [-0.4, -0.2) is 11.8 Å². The van der Waals surface area contributed by atoms with Gasteiger partial charge in [0.2, 0.25) is 0 Å². The maximum atomic E-state index is 11.6. The number of oxime groups is 1. The predicted molar refractivity (Wildman–Crippen MR) is 82.1 cm³/mol. The molecule has 1 aliphatic carbocycles. The Hall–Kier alpha value is -0.970. The lowest BCUT2D eigenvalue weighted by molar-refractivity contribution is 0.165. The zero-order valence-corrected chi connectivity index (χ0v) is 12.9. The Kier molecular flexibility index (Phi) is 5.52. The fourth-order valence-electron chi connectivity index (χ4n) is 1.91. The molecule has 0 saturated heterocycles. The number of nitrogens with one attached hydrogen (secondary N) is 1. The van der Waals surface area contributed by atoms with Gasteiger partial charge in [-0.3, -0.25) is 10.2 Å². The van der Waals surface area contributed by atoms with Crippen LogP contribution in [0.3, 0.4) is 0 Å². The van der Waals surface area contributed by atoms with Crippen LogP contribution in [-0.2, 0) is 4.84 Å². The molecule has 7 heteroatoms. The molecule has 2 rings (SSSR count). The second-order valence-electron chi connectivity index (χ2n) is 4.47. The molecule has 1 fully saturated rings. The first kappa shape index (κ1) is 15.4. The molecule has 108 valence electrons. The number of amides is 1. The van der Waals surface area contributed by atoms with Crippen LogP contribution < -0.4 is 5.32 Å². The molecule has 1 N–H and O–H groups in total. The summed E-state index contributed by atoms with van der Waals surface area (Å²) in [5.74, 6) is 0. The summed E-state index contributed by atoms with van der Waals surface area (Å²) in [4.78, 5) is 16.4. The van der Waals surface area contributed by atoms with Gasteiger partial charge in [-0.1, -0.05) is 46.4 Å². The molecule has 1 amide bonds. The summed E-state index contributed by atoms with van der Waals surface area (Å²) in [7, 11) is 0. The van der Waals surface area contributed by atoms with Crippen molar-refractivity contribution >= 4 is 52.3 Å². The molecular weight excluding hydrogens is 323 g/mol. The maximum Gasteiger partial charge on any atom is 0.437 e. The quantitative estimate of drug-likeness (QED) is 0.440. The third kappa shape index (κ3) is 4.27. The van der Waals surface area contributed by atoms with E-state index >= 15 is 0 Å². The zero-order chi connectivity index (χ0) is 14.5. The van der Waals surface area contributed by atoms with Crippen molar-refractivity contribution in [2.75, 3.05) is 5.32 Å². The number of anilines is 1. The van der Waals surface area contributed by atoms with Crippen LogP contribution in [0.1, 0.15) is 32.1 Å². The van der Waals surface area contributed by atoms with Crippen molar-refractivity contribution in [3.8, 4) is 0 Å². The average Bonchev–Trinajstić information content (AvgIpc) is 2.44. The first-order chi connectivity index (χ1) is 9.56. The molecule has 0 atom stereocenters. The van der Waals surface area contributed by atoms with Crippen LogP contribution in [0.5, 0.6) is 0 Å². The monoisotopic (exact) mass is 334 g/mol. The predicted octanol–water partition coefficient (Wildman–Crippen LogP) is 5.52. The number of benzene rings is 1. The van der Waals surface area contributed by atoms with Gasteiger partial charge in [-0.25, -0.2) is 4.79 Å². The van der Waals surface area contributed by atoms with Gasteiger partial charge in [0.25, 0.3) is 0 Å². The number of halogens is 3. The topological polar surface area (TPSA) is 50.7 Å². The lowest BCUT2D eigenvalue weighted by Crippen LogP contribution is -2.13. The highest BCUT2D eigenvalue weighted by Gasteiger charge is 2.12. The molecule has 1 saturated carbocycles. The van der Waals surface area contributed by atoms with Gasteiger partial charge in [0.1, 0.15) is 0 Å². The molecular formula is C13H13Cl3N2O2. The first-order valence-corrected chi connectivity index (χ1v) is 7.38. The minimum atomic E-state index is -0.705. The first-order valence-electron chi connectivity index (χ1n) is 6.24. The Labute approximate surface area is 132 Å². The van der Waals surface area contributed by atoms with Crippen molar-refractivity contribution in [2.24, 2.45) is 5.16 Å². The Morgan fingerprint density at radius 1 is 1.05 bits per heavy atom. The van der Waals surface area contributed by atoms with E-state index in [4.69, 9.17) is 39.6 Å². The van der Waals surface area contributed by atoms with Crippen LogP contribution >= 0.6 is 34.8 Å². The van der Waals surface area contributed by atoms with Gasteiger partial charge in [-0.2, -0.15) is 0 Å². The molecule has 0 heterocycles. The molecule has 0 radical (unpaired) electrons. The van der Waals surface area contributed by atoms with Crippen LogP contribution in [0.4, 0.5) is 10.5 Å². The molecule has 0 unspecified atom stereocenters. The molecule has 1 aliphatic rings. The summed E-state index contributed by atoms with van der Waals surface area (Å²) >= 11 is 17.6. The number of carbonyl (C=O) groups is 1. The Morgan fingerprint density at radius 2 is 1.70 bits per heavy atom. The van der Waals surface area contributed by atoms with Crippen LogP contribution in [0, 0.1) is 0 Å². The van der Waals surface area contributed by atoms with E-state index in [9.17, 15) is 4.79 Å². The van der Waals surface area contributed by atoms with E-state index < -0.39 is 6.09 Å². The summed E-state index contributed by atoms with van der Waals surface area (Å²) in [5.41, 5.74) is 1.24. The van der Waals surface area contributed by atoms with E-state index in [1.165, 1.54) is 18.6 Å². The summed E-state index contributed by atoms with van der Waals surface area (Å²) in [6.07, 6.45) is 4.42. The highest BCUT2D eigenvalue weighted by atomic mass is 35.5. The van der Waals surface area contributed by atoms with Crippen molar-refractivity contribution in [3.63, 3.8) is 0 Å². The third-order valence-corrected chi connectivity index (χ3v) is 3.97. The number of rotatable bonds is 2. The number of hydrogen-bond donors (Lipinski definition) is 1. The van der Waals surface area contributed by atoms with E-state index in [-0.39, 0.29) is 5.02 Å². The van der Waals surface area contributed by atoms with Gasteiger partial charge in [-0.15, -0.1) is 0 Å². The summed E-state index contributed by atoms with van der Waals surface area (Å²) in [5, 5.41) is 7.22. The van der Waals surface area contributed by atoms with Gasteiger partial charge >= 0.3 is 6.09 Å². The molecule has 0 spiro atoms. The smallest absolute Gasteiger partial charge is 0.298 e. The van der Waals surface area contributed by atoms with E-state index in [2.05, 4.69) is 10.5 Å². The lowest BCUT2D eigenvalue weighted by atomic mass is 9.99. The van der Waals surface area contributed by atoms with Crippen LogP contribution in [0.15, 0.2) is 17.3 Å². The number of hydrogen-bond acceptors (Lipinski definition) is 3. The maximum absolute atomic E-state index is 11.6. The fraction of sp³-hybridized carbons (Fsp3) is 0.385. The molecule has 0 aliphatic heterocycles. The van der Waals surface area contributed by atoms with Gasteiger partial charge in [0.05, 0.1) is 26.5 Å². The lowest BCUT2D eigenvalue weighted by Gasteiger charge is -2.11. The Morgan fingerprint density at radius 3 is 2.40 bits per heavy atom. The summed E-state index contributed by atoms with van der Waals surface area (Å²) < 4.78 is 0. The molecule has 0 bridgehead atoms. The number of carbonyl (C=O) groups excluding carboxylic acids is 1. The molecule has 0 aromatic heterocycles. The van der Waals surface area contributed by atoms with Gasteiger partial charge in [0, 0.05) is 0 Å². The number of nitrogens with zero attached hydrogens (tertiary/aromatic N) is 1. The van der Waals surface area contributed by atoms with Crippen molar-refractivity contribution < 1.29 is 9.63 Å². The normalized spacial score (nSPS) is 14.8. The molecule has 20 heavy (non-hydrogen) atoms. The second kappa shape index (κ2) is 7.16. The fourth-order valence-corrected chi connectivity index (χ4v) is 2.50. The molecule has 1 aromatic rings. The molecule has 1 aromatic carbocycles. The summed E-state index contributed by atoms with van der Waals surface area (Å²) in [6, 6.07) is 2.91. The van der Waals surface area contributed by atoms with Gasteiger partial charge in [0.15, 0.2) is 0 Å². The largest absolute Gasteiger partial charge is 0.437 e. The van der Waals surface area contributed by atoms with Crippen molar-refractivity contribution in [3.05, 3.63) is 27.2 Å². The Balaban J connectivity index is 1.96. The molecule has 4 nitrogen and oxygen atoms in total. The van der Waals surface area contributed by atoms with Gasteiger partial charge in [-0.05, 0) is 37.8 Å². The standard InChI is InChI=1S/C13H13Cl3N2O2/c14-9-6-11(16)12(7-10(9)15)17-13(19)20-18-8-4-2-1-3-5-8/h6-7H,1-5H2,(H,17,19). The summed E-state index contributed by atoms with van der Waals surface area (Å²) in [6.45, 7) is 0. The zero-order valence-electron chi connectivity index (χ0n) is 10.6. The van der Waals surface area contributed by atoms with Crippen molar-refractivity contribution in [1.29, 1.82) is 0 Å². The SMILES string of the molecule is O=C(Nc1cc(Cl)c(Cl)cc1Cl)ON=C1CCCCC1. The van der Waals surface area contributed by atoms with Crippen molar-refractivity contribution in [1.82, 2.24) is 0 Å². The van der Waals surface area contributed by atoms with Gasteiger partial charge < -0.3 is 0 Å². The van der Waals surface area contributed by atoms with E-state index in [0.29, 0.717) is 15.7 Å². The van der Waals surface area contributed by atoms with E-state index in [0.717, 1.165) is 31.4 Å². The minimum absolute atomic E-state index is 0.279. The third-order valence-electron chi connectivity index (χ3n) is 2.94. The highest BCUT2D eigenvalue weighted by molar-refractivity contribution is 6.44. The Bertz CT molecular complexity index is 539. The second-order valence-corrected chi connectivity index (χ2v) is 5.69. The highest BCUT2D eigenvalue weighted by Crippen LogP contribution is 2.32. The van der Waals surface area contributed by atoms with Crippen LogP contribution in [0.25, 0.3) is 0 Å².